The van der Waals surface area contributed by atoms with Gasteiger partial charge in [0.2, 0.25) is 0 Å². The lowest BCUT2D eigenvalue weighted by molar-refractivity contribution is -0.385. The SMILES string of the molecule is NC(=O)c1cc([N+](=O)[O-])cnc1NCCc1ccc(F)cc1F. The molecule has 23 heavy (non-hydrogen) atoms. The Bertz CT molecular complexity index is 768. The van der Waals surface area contributed by atoms with Crippen LogP contribution in [0.3, 0.4) is 0 Å². The van der Waals surface area contributed by atoms with Crippen LogP contribution in [0, 0.1) is 21.7 Å². The molecule has 0 radical (unpaired) electrons. The molecule has 0 saturated heterocycles. The number of nitrogens with two attached hydrogens (primary N) is 1. The molecular formula is C14H12F2N4O3. The number of hydrogen-bond acceptors (Lipinski definition) is 5. The molecule has 0 spiro atoms. The summed E-state index contributed by atoms with van der Waals surface area (Å²) in [6.07, 6.45) is 1.18. The Balaban J connectivity index is 2.11. The highest BCUT2D eigenvalue weighted by atomic mass is 19.1. The van der Waals surface area contributed by atoms with Crippen molar-refractivity contribution < 1.29 is 18.5 Å². The Kier molecular flexibility index (Phi) is 4.79. The van der Waals surface area contributed by atoms with Gasteiger partial charge in [-0.05, 0) is 18.1 Å². The van der Waals surface area contributed by atoms with E-state index in [9.17, 15) is 23.7 Å². The molecule has 1 amide bonds. The van der Waals surface area contributed by atoms with Crippen LogP contribution in [0.15, 0.2) is 30.5 Å². The quantitative estimate of drug-likeness (QED) is 0.624. The second-order valence-electron chi connectivity index (χ2n) is 4.62. The van der Waals surface area contributed by atoms with Gasteiger partial charge in [0, 0.05) is 18.7 Å². The fraction of sp³-hybridized carbons (Fsp3) is 0.143. The maximum Gasteiger partial charge on any atom is 0.288 e. The molecule has 0 aliphatic carbocycles. The smallest absolute Gasteiger partial charge is 0.288 e. The number of benzene rings is 1. The van der Waals surface area contributed by atoms with Crippen molar-refractivity contribution in [1.29, 1.82) is 0 Å². The van der Waals surface area contributed by atoms with E-state index in [2.05, 4.69) is 10.3 Å². The van der Waals surface area contributed by atoms with Crippen LogP contribution in [0.1, 0.15) is 15.9 Å². The van der Waals surface area contributed by atoms with Crippen LogP contribution in [0.2, 0.25) is 0 Å². The van der Waals surface area contributed by atoms with E-state index >= 15 is 0 Å². The normalized spacial score (nSPS) is 10.3. The summed E-state index contributed by atoms with van der Waals surface area (Å²) in [5.74, 6) is -2.17. The largest absolute Gasteiger partial charge is 0.369 e. The number of amides is 1. The second kappa shape index (κ2) is 6.77. The Morgan fingerprint density at radius 3 is 2.70 bits per heavy atom. The van der Waals surface area contributed by atoms with E-state index in [-0.39, 0.29) is 35.6 Å². The Labute approximate surface area is 129 Å². The summed E-state index contributed by atoms with van der Waals surface area (Å²) in [6, 6.07) is 4.23. The fourth-order valence-electron chi connectivity index (χ4n) is 1.92. The third-order valence-electron chi connectivity index (χ3n) is 3.05. The van der Waals surface area contributed by atoms with E-state index in [1.807, 2.05) is 0 Å². The lowest BCUT2D eigenvalue weighted by atomic mass is 10.1. The molecule has 1 aromatic carbocycles. The Morgan fingerprint density at radius 1 is 1.35 bits per heavy atom. The average molecular weight is 322 g/mol. The second-order valence-corrected chi connectivity index (χ2v) is 4.62. The summed E-state index contributed by atoms with van der Waals surface area (Å²) in [4.78, 5) is 25.1. The van der Waals surface area contributed by atoms with Crippen LogP contribution in [-0.4, -0.2) is 22.4 Å². The summed E-state index contributed by atoms with van der Waals surface area (Å²) in [7, 11) is 0. The number of nitrogens with zero attached hydrogens (tertiary/aromatic N) is 2. The lowest BCUT2D eigenvalue weighted by Gasteiger charge is -2.09. The summed E-state index contributed by atoms with van der Waals surface area (Å²) >= 11 is 0. The summed E-state index contributed by atoms with van der Waals surface area (Å²) in [6.45, 7) is 0.174. The van der Waals surface area contributed by atoms with Crippen LogP contribution < -0.4 is 11.1 Å². The van der Waals surface area contributed by atoms with Crippen LogP contribution in [0.25, 0.3) is 0 Å². The number of primary amides is 1. The predicted molar refractivity (Wildman–Crippen MR) is 78.0 cm³/mol. The van der Waals surface area contributed by atoms with Gasteiger partial charge in [0.15, 0.2) is 0 Å². The van der Waals surface area contributed by atoms with Gasteiger partial charge in [-0.3, -0.25) is 14.9 Å². The van der Waals surface area contributed by atoms with E-state index in [4.69, 9.17) is 5.73 Å². The molecule has 0 aliphatic rings. The van der Waals surface area contributed by atoms with Gasteiger partial charge < -0.3 is 11.1 Å². The first-order valence-corrected chi connectivity index (χ1v) is 6.50. The standard InChI is InChI=1S/C14H12F2N4O3/c15-9-2-1-8(12(16)5-9)3-4-18-14-11(13(17)21)6-10(7-19-14)20(22)23/h1-2,5-7H,3-4H2,(H2,17,21)(H,18,19). The molecule has 0 unspecified atom stereocenters. The molecule has 0 fully saturated rings. The van der Waals surface area contributed by atoms with Gasteiger partial charge in [-0.15, -0.1) is 0 Å². The molecule has 7 nitrogen and oxygen atoms in total. The van der Waals surface area contributed by atoms with Crippen molar-refractivity contribution in [2.24, 2.45) is 5.73 Å². The molecule has 0 aliphatic heterocycles. The first-order chi connectivity index (χ1) is 10.9. The van der Waals surface area contributed by atoms with Gasteiger partial charge in [-0.2, -0.15) is 0 Å². The van der Waals surface area contributed by atoms with Gasteiger partial charge in [0.05, 0.1) is 10.5 Å². The highest BCUT2D eigenvalue weighted by Crippen LogP contribution is 2.19. The molecule has 1 aromatic heterocycles. The molecule has 9 heteroatoms. The zero-order valence-corrected chi connectivity index (χ0v) is 11.8. The van der Waals surface area contributed by atoms with Crippen molar-refractivity contribution in [1.82, 2.24) is 4.98 Å². The molecule has 1 heterocycles. The molecule has 2 rings (SSSR count). The summed E-state index contributed by atoms with van der Waals surface area (Å²) < 4.78 is 26.3. The number of carbonyl (C=O) groups excluding carboxylic acids is 1. The van der Waals surface area contributed by atoms with Crippen LogP contribution in [0.4, 0.5) is 20.3 Å². The average Bonchev–Trinajstić information content (AvgIpc) is 2.49. The lowest BCUT2D eigenvalue weighted by Crippen LogP contribution is -2.17. The molecule has 0 atom stereocenters. The zero-order valence-electron chi connectivity index (χ0n) is 11.8. The van der Waals surface area contributed by atoms with Gasteiger partial charge in [-0.1, -0.05) is 6.07 Å². The molecule has 0 saturated carbocycles. The molecule has 3 N–H and O–H groups in total. The predicted octanol–water partition coefficient (Wildman–Crippen LogP) is 2.02. The van der Waals surface area contributed by atoms with E-state index in [1.54, 1.807) is 0 Å². The highest BCUT2D eigenvalue weighted by Gasteiger charge is 2.16. The minimum atomic E-state index is -0.878. The van der Waals surface area contributed by atoms with Gasteiger partial charge in [0.1, 0.15) is 23.6 Å². The number of nitrogens with one attached hydrogen (secondary N) is 1. The third-order valence-corrected chi connectivity index (χ3v) is 3.05. The number of halogens is 2. The van der Waals surface area contributed by atoms with Crippen LogP contribution in [0.5, 0.6) is 0 Å². The van der Waals surface area contributed by atoms with Crippen molar-refractivity contribution in [3.05, 3.63) is 63.3 Å². The van der Waals surface area contributed by atoms with Crippen molar-refractivity contribution in [3.8, 4) is 0 Å². The van der Waals surface area contributed by atoms with E-state index in [0.29, 0.717) is 0 Å². The van der Waals surface area contributed by atoms with Crippen LogP contribution >= 0.6 is 0 Å². The number of aromatic nitrogens is 1. The minimum absolute atomic E-state index is 0.0608. The van der Waals surface area contributed by atoms with Gasteiger partial charge in [0.25, 0.3) is 11.6 Å². The Morgan fingerprint density at radius 2 is 2.09 bits per heavy atom. The third kappa shape index (κ3) is 3.96. The number of pyridine rings is 1. The van der Waals surface area contributed by atoms with E-state index in [1.165, 1.54) is 6.07 Å². The number of hydrogen-bond donors (Lipinski definition) is 2. The zero-order chi connectivity index (χ0) is 17.0. The number of carbonyl (C=O) groups is 1. The first kappa shape index (κ1) is 16.3. The first-order valence-electron chi connectivity index (χ1n) is 6.50. The maximum absolute atomic E-state index is 13.5. The van der Waals surface area contributed by atoms with E-state index < -0.39 is 22.5 Å². The number of anilines is 1. The number of nitro groups is 1. The fourth-order valence-corrected chi connectivity index (χ4v) is 1.92. The van der Waals surface area contributed by atoms with Gasteiger partial charge >= 0.3 is 0 Å². The van der Waals surface area contributed by atoms with Crippen molar-refractivity contribution in [2.45, 2.75) is 6.42 Å². The maximum atomic E-state index is 13.5. The Hall–Kier alpha value is -3.10. The van der Waals surface area contributed by atoms with Crippen molar-refractivity contribution >= 4 is 17.4 Å². The van der Waals surface area contributed by atoms with Gasteiger partial charge in [-0.25, -0.2) is 13.8 Å². The molecule has 120 valence electrons. The topological polar surface area (TPSA) is 111 Å². The highest BCUT2D eigenvalue weighted by molar-refractivity contribution is 5.98. The van der Waals surface area contributed by atoms with E-state index in [0.717, 1.165) is 24.4 Å². The van der Waals surface area contributed by atoms with Crippen LogP contribution in [-0.2, 0) is 6.42 Å². The molecular weight excluding hydrogens is 310 g/mol. The number of rotatable bonds is 6. The molecule has 0 bridgehead atoms. The minimum Gasteiger partial charge on any atom is -0.369 e. The molecule has 2 aromatic rings. The van der Waals surface area contributed by atoms with Crippen molar-refractivity contribution in [3.63, 3.8) is 0 Å². The monoisotopic (exact) mass is 322 g/mol. The summed E-state index contributed by atoms with van der Waals surface area (Å²) in [5, 5.41) is 13.4. The van der Waals surface area contributed by atoms with Crippen molar-refractivity contribution in [2.75, 3.05) is 11.9 Å². The summed E-state index contributed by atoms with van der Waals surface area (Å²) in [5.41, 5.74) is 4.94.